The fraction of sp³-hybridized carbons (Fsp3) is 0.929. The van der Waals surface area contributed by atoms with Crippen LogP contribution in [0, 0.1) is 0 Å². The molecule has 0 heterocycles. The average molecular weight is 288 g/mol. The summed E-state index contributed by atoms with van der Waals surface area (Å²) in [4.78, 5) is 11.4. The van der Waals surface area contributed by atoms with Crippen molar-refractivity contribution < 1.29 is 9.90 Å². The van der Waals surface area contributed by atoms with Crippen molar-refractivity contribution in [2.75, 3.05) is 28.8 Å². The Morgan fingerprint density at radius 1 is 0.833 bits per heavy atom. The Labute approximate surface area is 136 Å². The zero-order valence-electron chi connectivity index (χ0n) is 12.2. The van der Waals surface area contributed by atoms with Crippen molar-refractivity contribution in [2.24, 2.45) is 0 Å². The van der Waals surface area contributed by atoms with Gasteiger partial charge in [-0.1, -0.05) is 27.7 Å². The molecule has 0 aromatic heterocycles. The Kier molecular flexibility index (Phi) is 11.4. The van der Waals surface area contributed by atoms with Gasteiger partial charge in [0, 0.05) is 0 Å². The van der Waals surface area contributed by atoms with Crippen LogP contribution in [0.1, 0.15) is 53.4 Å². The van der Waals surface area contributed by atoms with Gasteiger partial charge < -0.3 is 5.11 Å². The number of aliphatic carboxylic acids is 1. The van der Waals surface area contributed by atoms with Gasteiger partial charge in [0.25, 0.3) is 0 Å². The first-order valence-corrected chi connectivity index (χ1v) is 10.4. The first kappa shape index (κ1) is 21.1. The van der Waals surface area contributed by atoms with Crippen LogP contribution >= 0.6 is 9.16 Å². The molecule has 4 heteroatoms. The number of carbonyl (C=O) groups is 1. The third-order valence-electron chi connectivity index (χ3n) is 4.01. The molecule has 108 valence electrons. The summed E-state index contributed by atoms with van der Waals surface area (Å²) in [6.07, 6.45) is 4.58. The van der Waals surface area contributed by atoms with Crippen molar-refractivity contribution in [1.29, 1.82) is 0 Å². The van der Waals surface area contributed by atoms with E-state index >= 15 is 0 Å². The van der Waals surface area contributed by atoms with E-state index in [9.17, 15) is 9.90 Å². The molecule has 0 saturated carbocycles. The summed E-state index contributed by atoms with van der Waals surface area (Å²) in [5, 5.41) is 9.35. The monoisotopic (exact) mass is 288 g/mol. The van der Waals surface area contributed by atoms with Gasteiger partial charge in [-0.05, 0) is 48.7 Å². The van der Waals surface area contributed by atoms with Crippen LogP contribution in [0.2, 0.25) is 0 Å². The third-order valence-corrected chi connectivity index (χ3v) is 12.0. The number of hydrogen-bond acceptors (Lipinski definition) is 1. The molecule has 0 aliphatic carbocycles. The van der Waals surface area contributed by atoms with E-state index in [2.05, 4.69) is 27.7 Å². The van der Waals surface area contributed by atoms with Crippen molar-refractivity contribution >= 4 is 44.7 Å². The second-order valence-corrected chi connectivity index (χ2v) is 12.3. The molecule has 0 spiro atoms. The number of carboxylic acids is 1. The summed E-state index contributed by atoms with van der Waals surface area (Å²) >= 11 is 0. The topological polar surface area (TPSA) is 37.3 Å². The first-order chi connectivity index (χ1) is 7.97. The molecule has 0 amide bonds. The fourth-order valence-corrected chi connectivity index (χ4v) is 11.7. The minimum absolute atomic E-state index is 0. The van der Waals surface area contributed by atoms with Crippen LogP contribution in [0.4, 0.5) is 0 Å². The van der Waals surface area contributed by atoms with Gasteiger partial charge in [-0.3, -0.25) is 14.0 Å². The van der Waals surface area contributed by atoms with Gasteiger partial charge in [0.1, 0.15) is 0 Å². The van der Waals surface area contributed by atoms with E-state index in [1.54, 1.807) is 0 Å². The summed E-state index contributed by atoms with van der Waals surface area (Å²) in [6.45, 7) is 8.85. The van der Waals surface area contributed by atoms with Crippen LogP contribution in [0.25, 0.3) is 0 Å². The Bertz CT molecular complexity index is 208. The predicted octanol–water partition coefficient (Wildman–Crippen LogP) is 3.14. The van der Waals surface area contributed by atoms with Crippen molar-refractivity contribution in [1.82, 2.24) is 0 Å². The number of rotatable bonds is 10. The zero-order chi connectivity index (χ0) is 13.4. The van der Waals surface area contributed by atoms with E-state index in [4.69, 9.17) is 0 Å². The van der Waals surface area contributed by atoms with Gasteiger partial charge in [0.2, 0.25) is 0 Å². The van der Waals surface area contributed by atoms with Crippen LogP contribution in [-0.2, 0) is 4.79 Å². The molecule has 0 fully saturated rings. The molecule has 0 aliphatic rings. The molecule has 2 nitrogen and oxygen atoms in total. The van der Waals surface area contributed by atoms with E-state index in [1.165, 1.54) is 23.0 Å². The summed E-state index contributed by atoms with van der Waals surface area (Å²) in [5.41, 5.74) is 0. The standard InChI is InChI=1S/C14H32O2S.Na.H/c1-5-9-17(10-6-2,11-7-3,12-8-4)13-14(15)16;;/h17H,5-13H2,1-4H3,(H,15,16);;. The van der Waals surface area contributed by atoms with Crippen LogP contribution in [0.5, 0.6) is 0 Å². The average Bonchev–Trinajstić information content (AvgIpc) is 2.17. The van der Waals surface area contributed by atoms with Crippen molar-refractivity contribution in [3.63, 3.8) is 0 Å². The van der Waals surface area contributed by atoms with E-state index in [-0.39, 0.29) is 29.6 Å². The Morgan fingerprint density at radius 2 is 1.11 bits per heavy atom. The third kappa shape index (κ3) is 5.85. The Hall–Kier alpha value is 0.820. The Morgan fingerprint density at radius 3 is 1.28 bits per heavy atom. The summed E-state index contributed by atoms with van der Waals surface area (Å²) in [7, 11) is -1.99. The van der Waals surface area contributed by atoms with E-state index < -0.39 is 15.1 Å². The normalized spacial score (nSPS) is 13.4. The molecule has 0 rings (SSSR count). The van der Waals surface area contributed by atoms with Gasteiger partial charge >= 0.3 is 35.5 Å². The van der Waals surface area contributed by atoms with Gasteiger partial charge in [0.15, 0.2) is 0 Å². The molecular weight excluding hydrogens is 255 g/mol. The molecule has 0 bridgehead atoms. The molecule has 1 N–H and O–H groups in total. The molecule has 0 radical (unpaired) electrons. The van der Waals surface area contributed by atoms with Gasteiger partial charge in [0.05, 0.1) is 5.75 Å². The fourth-order valence-electron chi connectivity index (χ4n) is 3.90. The van der Waals surface area contributed by atoms with E-state index in [0.29, 0.717) is 5.75 Å². The molecule has 0 aliphatic heterocycles. The number of carboxylic acid groups (broad SMARTS) is 1. The summed E-state index contributed by atoms with van der Waals surface area (Å²) < 4.78 is 0. The maximum atomic E-state index is 11.4. The molecule has 0 atom stereocenters. The SMILES string of the molecule is CCC[SH](CCC)(CCC)(CCC)CC(=O)O.[NaH]. The Balaban J connectivity index is 0. The number of thiol groups is 1. The maximum absolute atomic E-state index is 11.4. The predicted molar refractivity (Wildman–Crippen MR) is 89.3 cm³/mol. The first-order valence-electron chi connectivity index (χ1n) is 7.19. The molecule has 0 saturated heterocycles. The molecule has 18 heavy (non-hydrogen) atoms. The second-order valence-electron chi connectivity index (χ2n) is 5.68. The van der Waals surface area contributed by atoms with E-state index in [0.717, 1.165) is 25.7 Å². The van der Waals surface area contributed by atoms with Gasteiger partial charge in [-0.2, -0.15) is 0 Å². The van der Waals surface area contributed by atoms with Crippen LogP contribution in [-0.4, -0.2) is 69.4 Å². The number of hydrogen-bond donors (Lipinski definition) is 2. The summed E-state index contributed by atoms with van der Waals surface area (Å²) in [6, 6.07) is 0. The second kappa shape index (κ2) is 9.68. The molecular formula is C14H33NaO2S. The van der Waals surface area contributed by atoms with Crippen molar-refractivity contribution in [3.05, 3.63) is 0 Å². The zero-order valence-corrected chi connectivity index (χ0v) is 13.1. The van der Waals surface area contributed by atoms with Gasteiger partial charge in [-0.15, -0.1) is 0 Å². The molecule has 0 aromatic rings. The van der Waals surface area contributed by atoms with E-state index in [1.807, 2.05) is 0 Å². The van der Waals surface area contributed by atoms with Crippen molar-refractivity contribution in [2.45, 2.75) is 53.4 Å². The van der Waals surface area contributed by atoms with Crippen molar-refractivity contribution in [3.8, 4) is 0 Å². The van der Waals surface area contributed by atoms with Crippen LogP contribution in [0.15, 0.2) is 0 Å². The molecule has 0 aromatic carbocycles. The summed E-state index contributed by atoms with van der Waals surface area (Å²) in [5.74, 6) is 4.67. The van der Waals surface area contributed by atoms with Crippen LogP contribution in [0.3, 0.4) is 0 Å². The molecule has 0 unspecified atom stereocenters. The van der Waals surface area contributed by atoms with Gasteiger partial charge in [-0.25, -0.2) is 0 Å². The van der Waals surface area contributed by atoms with Crippen LogP contribution < -0.4 is 0 Å². The quantitative estimate of drug-likeness (QED) is 0.479. The minimum atomic E-state index is -1.99.